The first-order valence-corrected chi connectivity index (χ1v) is 11.2. The van der Waals surface area contributed by atoms with Crippen LogP contribution in [0.3, 0.4) is 0 Å². The first kappa shape index (κ1) is 21.8. The van der Waals surface area contributed by atoms with Gasteiger partial charge in [-0.3, -0.25) is 9.59 Å². The van der Waals surface area contributed by atoms with Gasteiger partial charge in [-0.25, -0.2) is 4.98 Å². The van der Waals surface area contributed by atoms with Crippen LogP contribution in [0, 0.1) is 5.41 Å². The van der Waals surface area contributed by atoms with Crippen molar-refractivity contribution >= 4 is 11.8 Å². The van der Waals surface area contributed by atoms with Crippen LogP contribution in [0.4, 0.5) is 0 Å². The van der Waals surface area contributed by atoms with Crippen molar-refractivity contribution in [1.29, 1.82) is 0 Å². The van der Waals surface area contributed by atoms with Gasteiger partial charge in [0.1, 0.15) is 0 Å². The van der Waals surface area contributed by atoms with E-state index in [0.29, 0.717) is 25.3 Å². The second kappa shape index (κ2) is 9.39. The van der Waals surface area contributed by atoms with E-state index in [1.54, 1.807) is 17.3 Å². The van der Waals surface area contributed by atoms with Crippen molar-refractivity contribution in [3.63, 3.8) is 0 Å². The van der Waals surface area contributed by atoms with Crippen LogP contribution in [0.15, 0.2) is 67.0 Å². The van der Waals surface area contributed by atoms with Crippen molar-refractivity contribution in [2.45, 2.75) is 39.2 Å². The predicted molar refractivity (Wildman–Crippen MR) is 125 cm³/mol. The molecule has 0 radical (unpaired) electrons. The van der Waals surface area contributed by atoms with Gasteiger partial charge < -0.3 is 15.2 Å². The van der Waals surface area contributed by atoms with E-state index in [0.717, 1.165) is 29.5 Å². The second-order valence-corrected chi connectivity index (χ2v) is 8.92. The fourth-order valence-electron chi connectivity index (χ4n) is 4.54. The van der Waals surface area contributed by atoms with E-state index in [1.165, 1.54) is 0 Å². The quantitative estimate of drug-likeness (QED) is 0.619. The van der Waals surface area contributed by atoms with Gasteiger partial charge in [0, 0.05) is 31.5 Å². The van der Waals surface area contributed by atoms with Crippen LogP contribution in [0.5, 0.6) is 0 Å². The molecule has 2 N–H and O–H groups in total. The Morgan fingerprint density at radius 3 is 2.62 bits per heavy atom. The highest BCUT2D eigenvalue weighted by atomic mass is 16.2. The van der Waals surface area contributed by atoms with E-state index in [-0.39, 0.29) is 17.9 Å². The van der Waals surface area contributed by atoms with Crippen molar-refractivity contribution in [2.75, 3.05) is 13.1 Å². The monoisotopic (exact) mass is 430 g/mol. The van der Waals surface area contributed by atoms with Gasteiger partial charge in [0.25, 0.3) is 5.91 Å². The van der Waals surface area contributed by atoms with Crippen molar-refractivity contribution in [3.05, 3.63) is 78.4 Å². The van der Waals surface area contributed by atoms with Crippen molar-refractivity contribution in [3.8, 4) is 11.1 Å². The molecule has 4 rings (SSSR count). The fraction of sp³-hybridized carbons (Fsp3) is 0.346. The molecular formula is C26H30N4O2. The minimum atomic E-state index is -0.680. The van der Waals surface area contributed by atoms with E-state index in [9.17, 15) is 9.59 Å². The Hall–Kier alpha value is -3.41. The summed E-state index contributed by atoms with van der Waals surface area (Å²) in [7, 11) is 0. The summed E-state index contributed by atoms with van der Waals surface area (Å²) >= 11 is 0. The maximum absolute atomic E-state index is 13.5. The first-order chi connectivity index (χ1) is 15.5. The molecule has 1 aliphatic heterocycles. The van der Waals surface area contributed by atoms with E-state index in [2.05, 4.69) is 45.6 Å². The zero-order valence-electron chi connectivity index (χ0n) is 18.7. The third-order valence-corrected chi connectivity index (χ3v) is 6.04. The molecule has 1 aromatic heterocycles. The lowest BCUT2D eigenvalue weighted by molar-refractivity contribution is -0.134. The average Bonchev–Trinajstić information content (AvgIpc) is 3.34. The molecule has 2 heterocycles. The topological polar surface area (TPSA) is 78.1 Å². The number of benzene rings is 2. The van der Waals surface area contributed by atoms with Crippen molar-refractivity contribution < 1.29 is 9.59 Å². The maximum atomic E-state index is 13.5. The third-order valence-electron chi connectivity index (χ3n) is 6.04. The molecule has 32 heavy (non-hydrogen) atoms. The highest BCUT2D eigenvalue weighted by molar-refractivity contribution is 5.92. The highest BCUT2D eigenvalue weighted by Gasteiger charge is 2.44. The van der Waals surface area contributed by atoms with Gasteiger partial charge in [-0.1, -0.05) is 54.6 Å². The number of hydrogen-bond acceptors (Lipinski definition) is 3. The van der Waals surface area contributed by atoms with E-state index in [4.69, 9.17) is 0 Å². The Bertz CT molecular complexity index is 1060. The van der Waals surface area contributed by atoms with Gasteiger partial charge in [-0.15, -0.1) is 0 Å². The Balaban J connectivity index is 1.64. The van der Waals surface area contributed by atoms with Gasteiger partial charge >= 0.3 is 0 Å². The summed E-state index contributed by atoms with van der Waals surface area (Å²) in [6, 6.07) is 18.6. The third kappa shape index (κ3) is 4.74. The Kier molecular flexibility index (Phi) is 6.40. The summed E-state index contributed by atoms with van der Waals surface area (Å²) in [5.74, 6) is 0.167. The molecule has 1 fully saturated rings. The normalized spacial score (nSPS) is 18.5. The van der Waals surface area contributed by atoms with Crippen LogP contribution in [0.2, 0.25) is 0 Å². The number of likely N-dealkylation sites (tertiary alicyclic amines) is 1. The number of H-pyrrole nitrogens is 1. The molecule has 3 aromatic rings. The summed E-state index contributed by atoms with van der Waals surface area (Å²) < 4.78 is 0. The zero-order chi connectivity index (χ0) is 22.6. The molecule has 0 spiro atoms. The Labute approximate surface area is 189 Å². The lowest BCUT2D eigenvalue weighted by Gasteiger charge is -2.42. The summed E-state index contributed by atoms with van der Waals surface area (Å²) in [5.41, 5.74) is 2.69. The Morgan fingerprint density at radius 2 is 1.91 bits per heavy atom. The van der Waals surface area contributed by atoms with Crippen LogP contribution in [-0.2, 0) is 11.2 Å². The van der Waals surface area contributed by atoms with Gasteiger partial charge in [-0.2, -0.15) is 0 Å². The number of nitrogens with one attached hydrogen (secondary N) is 2. The number of hydrogen-bond donors (Lipinski definition) is 2. The molecule has 1 aliphatic rings. The minimum Gasteiger partial charge on any atom is -0.353 e. The SMILES string of the molecule is CC(C)NC(=O)C1(Cc2cccc(-c3ccccc3)c2)CCCN(C(=O)c2ncc[nH]2)C1. The number of imidazole rings is 1. The predicted octanol–water partition coefficient (Wildman–Crippen LogP) is 4.07. The van der Waals surface area contributed by atoms with Crippen LogP contribution in [-0.4, -0.2) is 45.8 Å². The number of nitrogens with zero attached hydrogens (tertiary/aromatic N) is 2. The Morgan fingerprint density at radius 1 is 1.12 bits per heavy atom. The molecule has 2 amide bonds. The molecule has 1 atom stereocenters. The smallest absolute Gasteiger partial charge is 0.289 e. The first-order valence-electron chi connectivity index (χ1n) is 11.2. The number of carbonyl (C=O) groups excluding carboxylic acids is 2. The summed E-state index contributed by atoms with van der Waals surface area (Å²) in [5, 5.41) is 3.11. The standard InChI is InChI=1S/C26H30N4O2/c1-19(2)29-25(32)26(12-7-15-30(18-26)24(31)23-27-13-14-28-23)17-20-8-6-11-22(16-20)21-9-4-3-5-10-21/h3-6,8-11,13-14,16,19H,7,12,15,17-18H2,1-2H3,(H,27,28)(H,29,32). The molecule has 0 saturated carbocycles. The summed E-state index contributed by atoms with van der Waals surface area (Å²) in [6.45, 7) is 4.94. The largest absolute Gasteiger partial charge is 0.353 e. The molecule has 2 aromatic carbocycles. The molecule has 1 unspecified atom stereocenters. The number of aromatic amines is 1. The molecule has 6 nitrogen and oxygen atoms in total. The lowest BCUT2D eigenvalue weighted by atomic mass is 9.73. The van der Waals surface area contributed by atoms with Crippen molar-refractivity contribution in [2.24, 2.45) is 5.41 Å². The highest BCUT2D eigenvalue weighted by Crippen LogP contribution is 2.36. The van der Waals surface area contributed by atoms with Gasteiger partial charge in [0.05, 0.1) is 5.41 Å². The van der Waals surface area contributed by atoms with Gasteiger partial charge in [0.2, 0.25) is 5.91 Å². The molecule has 0 aliphatic carbocycles. The van der Waals surface area contributed by atoms with E-state index in [1.807, 2.05) is 38.1 Å². The number of rotatable bonds is 6. The summed E-state index contributed by atoms with van der Waals surface area (Å²) in [6.07, 6.45) is 5.31. The van der Waals surface area contributed by atoms with Crippen LogP contribution >= 0.6 is 0 Å². The fourth-order valence-corrected chi connectivity index (χ4v) is 4.54. The second-order valence-electron chi connectivity index (χ2n) is 8.92. The average molecular weight is 431 g/mol. The number of carbonyl (C=O) groups is 2. The van der Waals surface area contributed by atoms with Gasteiger partial charge in [-0.05, 0) is 49.8 Å². The van der Waals surface area contributed by atoms with Gasteiger partial charge in [0.15, 0.2) is 5.82 Å². The number of amides is 2. The minimum absolute atomic E-state index is 0.00885. The molecule has 0 bridgehead atoms. The van der Waals surface area contributed by atoms with Crippen molar-refractivity contribution in [1.82, 2.24) is 20.2 Å². The van der Waals surface area contributed by atoms with E-state index >= 15 is 0 Å². The number of aromatic nitrogens is 2. The zero-order valence-corrected chi connectivity index (χ0v) is 18.7. The summed E-state index contributed by atoms with van der Waals surface area (Å²) in [4.78, 5) is 35.2. The lowest BCUT2D eigenvalue weighted by Crippen LogP contribution is -2.55. The van der Waals surface area contributed by atoms with Crippen LogP contribution < -0.4 is 5.32 Å². The van der Waals surface area contributed by atoms with E-state index < -0.39 is 5.41 Å². The maximum Gasteiger partial charge on any atom is 0.289 e. The molecule has 1 saturated heterocycles. The van der Waals surface area contributed by atoms with Crippen LogP contribution in [0.1, 0.15) is 42.9 Å². The molecular weight excluding hydrogens is 400 g/mol. The number of piperidine rings is 1. The van der Waals surface area contributed by atoms with Crippen LogP contribution in [0.25, 0.3) is 11.1 Å². The molecule has 6 heteroatoms. The molecule has 166 valence electrons.